The molecule has 0 bridgehead atoms. The van der Waals surface area contributed by atoms with Gasteiger partial charge in [0, 0.05) is 0 Å². The predicted octanol–water partition coefficient (Wildman–Crippen LogP) is 6.15. The third kappa shape index (κ3) is 2.77. The van der Waals surface area contributed by atoms with Crippen molar-refractivity contribution >= 4 is 27.5 Å². The molecule has 0 fully saturated rings. The van der Waals surface area contributed by atoms with Crippen LogP contribution in [-0.4, -0.2) is 0 Å². The smallest absolute Gasteiger partial charge is 0.137 e. The third-order valence-corrected chi connectivity index (χ3v) is 5.03. The van der Waals surface area contributed by atoms with E-state index in [4.69, 9.17) is 11.6 Å². The van der Waals surface area contributed by atoms with Gasteiger partial charge in [0.25, 0.3) is 0 Å². The fourth-order valence-electron chi connectivity index (χ4n) is 2.46. The molecule has 0 aromatic heterocycles. The van der Waals surface area contributed by atoms with Crippen LogP contribution in [0.1, 0.15) is 38.8 Å². The van der Waals surface area contributed by atoms with Gasteiger partial charge in [-0.25, -0.2) is 4.39 Å². The first-order valence-corrected chi connectivity index (χ1v) is 7.72. The lowest BCUT2D eigenvalue weighted by Gasteiger charge is -2.20. The van der Waals surface area contributed by atoms with Crippen molar-refractivity contribution in [3.63, 3.8) is 0 Å². The zero-order chi connectivity index (χ0) is 15.0. The van der Waals surface area contributed by atoms with Crippen LogP contribution in [0.5, 0.6) is 0 Å². The largest absolute Gasteiger partial charge is 0.206 e. The topological polar surface area (TPSA) is 0 Å². The van der Waals surface area contributed by atoms with Crippen LogP contribution in [0.15, 0.2) is 28.7 Å². The maximum absolute atomic E-state index is 13.7. The molecule has 0 radical (unpaired) electrons. The molecule has 1 atom stereocenters. The number of benzene rings is 2. The van der Waals surface area contributed by atoms with Gasteiger partial charge in [0.2, 0.25) is 0 Å². The lowest BCUT2D eigenvalue weighted by atomic mass is 9.90. The molecule has 0 aliphatic carbocycles. The first-order valence-electron chi connectivity index (χ1n) is 6.49. The highest BCUT2D eigenvalue weighted by Crippen LogP contribution is 2.36. The average molecular weight is 356 g/mol. The van der Waals surface area contributed by atoms with E-state index in [9.17, 15) is 4.39 Å². The lowest BCUT2D eigenvalue weighted by Crippen LogP contribution is -2.04. The van der Waals surface area contributed by atoms with E-state index in [-0.39, 0.29) is 11.2 Å². The summed E-state index contributed by atoms with van der Waals surface area (Å²) in [6.45, 7) is 8.30. The molecule has 106 valence electrons. The summed E-state index contributed by atoms with van der Waals surface area (Å²) in [6, 6.07) is 7.23. The molecule has 0 saturated heterocycles. The second-order valence-corrected chi connectivity index (χ2v) is 6.50. The molecule has 0 spiro atoms. The molecule has 3 heteroatoms. The van der Waals surface area contributed by atoms with E-state index >= 15 is 0 Å². The van der Waals surface area contributed by atoms with Crippen LogP contribution in [0.25, 0.3) is 0 Å². The zero-order valence-corrected chi connectivity index (χ0v) is 14.4. The van der Waals surface area contributed by atoms with Crippen LogP contribution in [0, 0.1) is 33.5 Å². The van der Waals surface area contributed by atoms with Crippen molar-refractivity contribution in [1.82, 2.24) is 0 Å². The number of hydrogen-bond donors (Lipinski definition) is 0. The highest BCUT2D eigenvalue weighted by Gasteiger charge is 2.19. The molecule has 2 aromatic rings. The molecule has 0 saturated carbocycles. The van der Waals surface area contributed by atoms with Crippen molar-refractivity contribution in [1.29, 1.82) is 0 Å². The van der Waals surface area contributed by atoms with E-state index < -0.39 is 0 Å². The van der Waals surface area contributed by atoms with Gasteiger partial charge in [0.15, 0.2) is 0 Å². The van der Waals surface area contributed by atoms with Gasteiger partial charge in [0.1, 0.15) is 5.82 Å². The van der Waals surface area contributed by atoms with Crippen molar-refractivity contribution in [2.24, 2.45) is 0 Å². The highest BCUT2D eigenvalue weighted by molar-refractivity contribution is 9.10. The Bertz CT molecular complexity index is 638. The highest BCUT2D eigenvalue weighted by atomic mass is 79.9. The first-order chi connectivity index (χ1) is 9.32. The van der Waals surface area contributed by atoms with Crippen LogP contribution >= 0.6 is 27.5 Å². The van der Waals surface area contributed by atoms with Gasteiger partial charge in [0.05, 0.1) is 9.85 Å². The Morgan fingerprint density at radius 3 is 2.05 bits per heavy atom. The normalized spacial score (nSPS) is 12.6. The lowest BCUT2D eigenvalue weighted by molar-refractivity contribution is 0.619. The second kappa shape index (κ2) is 5.87. The number of hydrogen-bond acceptors (Lipinski definition) is 0. The molecule has 2 rings (SSSR count). The van der Waals surface area contributed by atoms with Gasteiger partial charge in [-0.1, -0.05) is 12.1 Å². The van der Waals surface area contributed by atoms with Crippen molar-refractivity contribution in [2.75, 3.05) is 0 Å². The van der Waals surface area contributed by atoms with Crippen LogP contribution in [0.2, 0.25) is 0 Å². The average Bonchev–Trinajstić information content (AvgIpc) is 2.40. The maximum Gasteiger partial charge on any atom is 0.137 e. The maximum atomic E-state index is 13.7. The summed E-state index contributed by atoms with van der Waals surface area (Å²) in [6.07, 6.45) is 0. The van der Waals surface area contributed by atoms with Gasteiger partial charge < -0.3 is 0 Å². The molecule has 0 heterocycles. The van der Waals surface area contributed by atoms with E-state index in [1.54, 1.807) is 6.07 Å². The minimum atomic E-state index is -0.337. The summed E-state index contributed by atoms with van der Waals surface area (Å²) in [5.41, 5.74) is 6.65. The van der Waals surface area contributed by atoms with Crippen molar-refractivity contribution in [2.45, 2.75) is 33.1 Å². The molecule has 0 nitrogen and oxygen atoms in total. The van der Waals surface area contributed by atoms with Crippen LogP contribution in [-0.2, 0) is 0 Å². The van der Waals surface area contributed by atoms with Gasteiger partial charge in [-0.05, 0) is 89.1 Å². The van der Waals surface area contributed by atoms with Gasteiger partial charge in [-0.3, -0.25) is 0 Å². The molecule has 0 amide bonds. The second-order valence-electron chi connectivity index (χ2n) is 5.21. The number of halogens is 3. The van der Waals surface area contributed by atoms with Crippen LogP contribution in [0.4, 0.5) is 4.39 Å². The molecule has 2 aromatic carbocycles. The number of aryl methyl sites for hydroxylation is 2. The Kier molecular flexibility index (Phi) is 4.55. The summed E-state index contributed by atoms with van der Waals surface area (Å²) in [7, 11) is 0. The summed E-state index contributed by atoms with van der Waals surface area (Å²) >= 11 is 9.80. The van der Waals surface area contributed by atoms with Crippen molar-refractivity contribution in [3.05, 3.63) is 67.9 Å². The Balaban J connectivity index is 2.58. The molecular weight excluding hydrogens is 339 g/mol. The SMILES string of the molecule is Cc1cc(C)c(C)c(C(Cl)c2ccc(Br)c(F)c2)c1C. The molecule has 0 aliphatic rings. The minimum absolute atomic E-state index is 0.284. The fraction of sp³-hybridized carbons (Fsp3) is 0.294. The summed E-state index contributed by atoms with van der Waals surface area (Å²) < 4.78 is 14.2. The monoisotopic (exact) mass is 354 g/mol. The number of rotatable bonds is 2. The third-order valence-electron chi connectivity index (χ3n) is 3.91. The Labute approximate surface area is 133 Å². The summed E-state index contributed by atoms with van der Waals surface area (Å²) in [4.78, 5) is 0. The molecule has 0 aliphatic heterocycles. The standard InChI is InChI=1S/C17H17BrClF/c1-9-7-10(2)12(4)16(11(9)3)17(19)13-5-6-14(18)15(20)8-13/h5-8,17H,1-4H3. The quantitative estimate of drug-likeness (QED) is 0.567. The van der Waals surface area contributed by atoms with E-state index in [1.807, 2.05) is 6.07 Å². The zero-order valence-electron chi connectivity index (χ0n) is 12.0. The summed E-state index contributed by atoms with van der Waals surface area (Å²) in [5, 5.41) is -0.337. The van der Waals surface area contributed by atoms with Crippen LogP contribution < -0.4 is 0 Å². The van der Waals surface area contributed by atoms with E-state index in [2.05, 4.69) is 49.7 Å². The van der Waals surface area contributed by atoms with Gasteiger partial charge in [-0.2, -0.15) is 0 Å². The van der Waals surface area contributed by atoms with Gasteiger partial charge in [-0.15, -0.1) is 11.6 Å². The minimum Gasteiger partial charge on any atom is -0.206 e. The van der Waals surface area contributed by atoms with Crippen molar-refractivity contribution in [3.8, 4) is 0 Å². The molecule has 1 unspecified atom stereocenters. The molecule has 0 N–H and O–H groups in total. The Hall–Kier alpha value is -0.860. The van der Waals surface area contributed by atoms with E-state index in [1.165, 1.54) is 28.3 Å². The van der Waals surface area contributed by atoms with E-state index in [0.717, 1.165) is 11.1 Å². The Morgan fingerprint density at radius 1 is 1.00 bits per heavy atom. The van der Waals surface area contributed by atoms with E-state index in [0.29, 0.717) is 4.47 Å². The fourth-order valence-corrected chi connectivity index (χ4v) is 3.17. The summed E-state index contributed by atoms with van der Waals surface area (Å²) in [5.74, 6) is -0.284. The Morgan fingerprint density at radius 2 is 1.55 bits per heavy atom. The molecular formula is C17H17BrClF. The van der Waals surface area contributed by atoms with Gasteiger partial charge >= 0.3 is 0 Å². The van der Waals surface area contributed by atoms with Crippen molar-refractivity contribution < 1.29 is 4.39 Å². The number of alkyl halides is 1. The van der Waals surface area contributed by atoms with Crippen LogP contribution in [0.3, 0.4) is 0 Å². The predicted molar refractivity (Wildman–Crippen MR) is 87.2 cm³/mol. The molecule has 20 heavy (non-hydrogen) atoms. The first kappa shape index (κ1) is 15.5.